The maximum atomic E-state index is 4.59. The Morgan fingerprint density at radius 3 is 2.77 bits per heavy atom. The van der Waals surface area contributed by atoms with Crippen LogP contribution in [0.2, 0.25) is 0 Å². The average molecular weight is 296 g/mol. The quantitative estimate of drug-likeness (QED) is 0.850. The summed E-state index contributed by atoms with van der Waals surface area (Å²) in [6.07, 6.45) is 10.5. The summed E-state index contributed by atoms with van der Waals surface area (Å²) >= 11 is 0. The Hall–Kier alpha value is -1.81. The Bertz CT molecular complexity index is 577. The van der Waals surface area contributed by atoms with Gasteiger partial charge in [0.05, 0.1) is 0 Å². The highest BCUT2D eigenvalue weighted by molar-refractivity contribution is 5.10. The van der Waals surface area contributed by atoms with E-state index in [0.29, 0.717) is 5.92 Å². The molecule has 0 saturated carbocycles. The lowest BCUT2D eigenvalue weighted by Gasteiger charge is -2.31. The predicted octanol–water partition coefficient (Wildman–Crippen LogP) is 2.99. The second-order valence-corrected chi connectivity index (χ2v) is 6.11. The largest absolute Gasteiger partial charge is 0.303 e. The van der Waals surface area contributed by atoms with E-state index in [4.69, 9.17) is 0 Å². The van der Waals surface area contributed by atoms with Gasteiger partial charge in [-0.1, -0.05) is 6.07 Å². The molecule has 4 nitrogen and oxygen atoms in total. The second-order valence-electron chi connectivity index (χ2n) is 6.11. The average Bonchev–Trinajstić information content (AvgIpc) is 2.56. The zero-order valence-electron chi connectivity index (χ0n) is 13.3. The highest BCUT2D eigenvalue weighted by atomic mass is 15.1. The van der Waals surface area contributed by atoms with Gasteiger partial charge in [0.15, 0.2) is 0 Å². The van der Waals surface area contributed by atoms with Crippen molar-refractivity contribution in [1.29, 1.82) is 0 Å². The molecule has 2 aromatic rings. The van der Waals surface area contributed by atoms with Crippen LogP contribution in [0.3, 0.4) is 0 Å². The van der Waals surface area contributed by atoms with E-state index in [0.717, 1.165) is 12.2 Å². The summed E-state index contributed by atoms with van der Waals surface area (Å²) in [7, 11) is 0. The van der Waals surface area contributed by atoms with Gasteiger partial charge in [0, 0.05) is 30.2 Å². The molecule has 1 saturated heterocycles. The SMILES string of the molecule is Cc1nccc(C2CCN(CCCc3cccnc3)CC2)n1. The van der Waals surface area contributed by atoms with Crippen LogP contribution in [0.4, 0.5) is 0 Å². The van der Waals surface area contributed by atoms with Crippen molar-refractivity contribution in [3.05, 3.63) is 53.9 Å². The molecule has 0 radical (unpaired) electrons. The number of pyridine rings is 1. The molecule has 3 rings (SSSR count). The molecule has 3 heterocycles. The highest BCUT2D eigenvalue weighted by Gasteiger charge is 2.21. The maximum Gasteiger partial charge on any atom is 0.125 e. The monoisotopic (exact) mass is 296 g/mol. The molecule has 0 bridgehead atoms. The summed E-state index contributed by atoms with van der Waals surface area (Å²) < 4.78 is 0. The fraction of sp³-hybridized carbons (Fsp3) is 0.500. The molecule has 2 aromatic heterocycles. The first kappa shape index (κ1) is 15.1. The summed E-state index contributed by atoms with van der Waals surface area (Å²) in [4.78, 5) is 15.5. The van der Waals surface area contributed by atoms with E-state index in [2.05, 4.69) is 32.0 Å². The van der Waals surface area contributed by atoms with Gasteiger partial charge >= 0.3 is 0 Å². The van der Waals surface area contributed by atoms with Crippen molar-refractivity contribution in [1.82, 2.24) is 19.9 Å². The van der Waals surface area contributed by atoms with Gasteiger partial charge in [-0.05, 0) is 69.9 Å². The number of aromatic nitrogens is 3. The fourth-order valence-electron chi connectivity index (χ4n) is 3.21. The van der Waals surface area contributed by atoms with Crippen LogP contribution in [-0.4, -0.2) is 39.5 Å². The maximum absolute atomic E-state index is 4.59. The fourth-order valence-corrected chi connectivity index (χ4v) is 3.21. The summed E-state index contributed by atoms with van der Waals surface area (Å²) in [5.74, 6) is 1.49. The molecular weight excluding hydrogens is 272 g/mol. The van der Waals surface area contributed by atoms with Crippen LogP contribution in [0.25, 0.3) is 0 Å². The molecule has 0 atom stereocenters. The summed E-state index contributed by atoms with van der Waals surface area (Å²) in [6, 6.07) is 6.26. The van der Waals surface area contributed by atoms with Gasteiger partial charge in [-0.2, -0.15) is 0 Å². The third-order valence-corrected chi connectivity index (χ3v) is 4.47. The van der Waals surface area contributed by atoms with Crippen LogP contribution in [0.1, 0.15) is 42.3 Å². The Labute approximate surface area is 132 Å². The molecule has 116 valence electrons. The minimum atomic E-state index is 0.608. The van der Waals surface area contributed by atoms with E-state index in [9.17, 15) is 0 Å². The van der Waals surface area contributed by atoms with Gasteiger partial charge in [0.25, 0.3) is 0 Å². The minimum Gasteiger partial charge on any atom is -0.303 e. The van der Waals surface area contributed by atoms with Crippen molar-refractivity contribution >= 4 is 0 Å². The third-order valence-electron chi connectivity index (χ3n) is 4.47. The Morgan fingerprint density at radius 1 is 1.18 bits per heavy atom. The molecule has 1 aliphatic rings. The van der Waals surface area contributed by atoms with Crippen LogP contribution in [-0.2, 0) is 6.42 Å². The molecule has 22 heavy (non-hydrogen) atoms. The summed E-state index contributed by atoms with van der Waals surface area (Å²) in [5.41, 5.74) is 2.57. The minimum absolute atomic E-state index is 0.608. The molecule has 0 spiro atoms. The van der Waals surface area contributed by atoms with Crippen molar-refractivity contribution in [2.75, 3.05) is 19.6 Å². The van der Waals surface area contributed by atoms with Crippen LogP contribution in [0, 0.1) is 6.92 Å². The predicted molar refractivity (Wildman–Crippen MR) is 87.7 cm³/mol. The van der Waals surface area contributed by atoms with Crippen LogP contribution >= 0.6 is 0 Å². The number of rotatable bonds is 5. The van der Waals surface area contributed by atoms with Gasteiger partial charge < -0.3 is 4.90 Å². The van der Waals surface area contributed by atoms with Crippen LogP contribution < -0.4 is 0 Å². The molecule has 0 N–H and O–H groups in total. The lowest BCUT2D eigenvalue weighted by atomic mass is 9.93. The van der Waals surface area contributed by atoms with Gasteiger partial charge in [0.2, 0.25) is 0 Å². The number of likely N-dealkylation sites (tertiary alicyclic amines) is 1. The van der Waals surface area contributed by atoms with E-state index < -0.39 is 0 Å². The summed E-state index contributed by atoms with van der Waals surface area (Å²) in [5, 5.41) is 0. The number of hydrogen-bond acceptors (Lipinski definition) is 4. The van der Waals surface area contributed by atoms with Crippen molar-refractivity contribution in [2.45, 2.75) is 38.5 Å². The van der Waals surface area contributed by atoms with E-state index >= 15 is 0 Å². The van der Waals surface area contributed by atoms with Gasteiger partial charge in [-0.3, -0.25) is 4.98 Å². The Balaban J connectivity index is 1.42. The normalized spacial score (nSPS) is 16.8. The van der Waals surface area contributed by atoms with Crippen LogP contribution in [0.5, 0.6) is 0 Å². The van der Waals surface area contributed by atoms with Crippen molar-refractivity contribution in [3.63, 3.8) is 0 Å². The van der Waals surface area contributed by atoms with E-state index in [1.165, 1.54) is 50.2 Å². The molecular formula is C18H24N4. The van der Waals surface area contributed by atoms with E-state index in [-0.39, 0.29) is 0 Å². The van der Waals surface area contributed by atoms with E-state index in [1.54, 1.807) is 0 Å². The van der Waals surface area contributed by atoms with Crippen molar-refractivity contribution < 1.29 is 0 Å². The molecule has 0 aromatic carbocycles. The first-order chi connectivity index (χ1) is 10.8. The van der Waals surface area contributed by atoms with Crippen LogP contribution in [0.15, 0.2) is 36.8 Å². The van der Waals surface area contributed by atoms with Crippen molar-refractivity contribution in [2.24, 2.45) is 0 Å². The first-order valence-corrected chi connectivity index (χ1v) is 8.22. The Morgan fingerprint density at radius 2 is 2.05 bits per heavy atom. The number of piperidine rings is 1. The van der Waals surface area contributed by atoms with Crippen molar-refractivity contribution in [3.8, 4) is 0 Å². The van der Waals surface area contributed by atoms with Gasteiger partial charge in [0.1, 0.15) is 5.82 Å². The molecule has 4 heteroatoms. The lowest BCUT2D eigenvalue weighted by Crippen LogP contribution is -2.34. The molecule has 0 aliphatic carbocycles. The zero-order chi connectivity index (χ0) is 15.2. The third kappa shape index (κ3) is 4.10. The lowest BCUT2D eigenvalue weighted by molar-refractivity contribution is 0.209. The smallest absolute Gasteiger partial charge is 0.125 e. The molecule has 0 amide bonds. The summed E-state index contributed by atoms with van der Waals surface area (Å²) in [6.45, 7) is 5.52. The zero-order valence-corrected chi connectivity index (χ0v) is 13.3. The topological polar surface area (TPSA) is 41.9 Å². The first-order valence-electron chi connectivity index (χ1n) is 8.22. The molecule has 1 fully saturated rings. The number of hydrogen-bond donors (Lipinski definition) is 0. The number of nitrogens with zero attached hydrogens (tertiary/aromatic N) is 4. The standard InChI is InChI=1S/C18H24N4/c1-15-20-10-6-18(21-15)17-7-12-22(13-8-17)11-3-5-16-4-2-9-19-14-16/h2,4,6,9-10,14,17H,3,5,7-8,11-13H2,1H3. The van der Waals surface area contributed by atoms with Gasteiger partial charge in [-0.15, -0.1) is 0 Å². The second kappa shape index (κ2) is 7.45. The van der Waals surface area contributed by atoms with Gasteiger partial charge in [-0.25, -0.2) is 9.97 Å². The molecule has 0 unspecified atom stereocenters. The number of aryl methyl sites for hydroxylation is 2. The molecule has 1 aliphatic heterocycles. The van der Waals surface area contributed by atoms with E-state index in [1.807, 2.05) is 31.6 Å². The highest BCUT2D eigenvalue weighted by Crippen LogP contribution is 2.26. The Kier molecular flexibility index (Phi) is 5.11.